The highest BCUT2D eigenvalue weighted by Crippen LogP contribution is 2.48. The number of ether oxygens (including phenoxy) is 1. The van der Waals surface area contributed by atoms with Gasteiger partial charge >= 0.3 is 18.4 Å². The number of alkyl halides is 6. The number of likely N-dealkylation sites (tertiary alicyclic amines) is 1. The number of nitrogens with two attached hydrogens (primary N) is 1. The lowest BCUT2D eigenvalue weighted by atomic mass is 9.89. The van der Waals surface area contributed by atoms with Gasteiger partial charge in [-0.25, -0.2) is 4.39 Å². The van der Waals surface area contributed by atoms with Crippen molar-refractivity contribution in [2.24, 2.45) is 5.92 Å². The molecule has 2 aromatic carbocycles. The second-order valence-corrected chi connectivity index (χ2v) is 12.9. The molecule has 0 radical (unpaired) electrons. The SMILES string of the molecule is CN1C[C@@H](C(F)(F)F)[C@H]1COc1nc(N2CC3CCC(C2)N3)c2cc(C(F)(F)F)c(-c3csc4ccc(N)c(C#N)c34)c(F)c2n1. The number of likely N-dealkylation sites (N-methyl/N-ethyl adjacent to an activating group) is 1. The van der Waals surface area contributed by atoms with Crippen LogP contribution >= 0.6 is 11.3 Å². The highest BCUT2D eigenvalue weighted by Gasteiger charge is 2.53. The Hall–Kier alpha value is -3.94. The number of nitrogens with zero attached hydrogens (tertiary/aromatic N) is 5. The van der Waals surface area contributed by atoms with Crippen LogP contribution < -0.4 is 20.7 Å². The van der Waals surface area contributed by atoms with Gasteiger partial charge in [-0.3, -0.25) is 4.90 Å². The Morgan fingerprint density at radius 3 is 2.46 bits per heavy atom. The predicted molar refractivity (Wildman–Crippen MR) is 158 cm³/mol. The molecule has 46 heavy (non-hydrogen) atoms. The Bertz CT molecular complexity index is 1890. The van der Waals surface area contributed by atoms with Crippen LogP contribution in [0.4, 0.5) is 42.2 Å². The number of benzene rings is 2. The molecule has 8 nitrogen and oxygen atoms in total. The van der Waals surface area contributed by atoms with E-state index in [-0.39, 0.29) is 52.0 Å². The summed E-state index contributed by atoms with van der Waals surface area (Å²) >= 11 is 1.03. The highest BCUT2D eigenvalue weighted by atomic mass is 32.1. The van der Waals surface area contributed by atoms with Crippen LogP contribution in [0.3, 0.4) is 0 Å². The van der Waals surface area contributed by atoms with E-state index in [4.69, 9.17) is 10.5 Å². The maximum absolute atomic E-state index is 16.8. The fourth-order valence-corrected chi connectivity index (χ4v) is 7.82. The summed E-state index contributed by atoms with van der Waals surface area (Å²) in [5, 5.41) is 14.4. The van der Waals surface area contributed by atoms with Crippen molar-refractivity contribution in [2.75, 3.05) is 43.9 Å². The second kappa shape index (κ2) is 10.8. The van der Waals surface area contributed by atoms with Gasteiger partial charge in [0.1, 0.15) is 24.0 Å². The molecule has 3 saturated heterocycles. The number of hydrogen-bond donors (Lipinski definition) is 2. The van der Waals surface area contributed by atoms with Crippen molar-refractivity contribution in [3.63, 3.8) is 0 Å². The number of fused-ring (bicyclic) bond motifs is 4. The third-order valence-corrected chi connectivity index (χ3v) is 10.1. The number of aromatic nitrogens is 2. The Kier molecular flexibility index (Phi) is 7.22. The molecule has 3 aliphatic heterocycles. The Balaban J connectivity index is 1.42. The zero-order chi connectivity index (χ0) is 32.7. The van der Waals surface area contributed by atoms with Gasteiger partial charge in [0.25, 0.3) is 0 Å². The molecule has 7 rings (SSSR count). The number of thiophene rings is 1. The first-order valence-corrected chi connectivity index (χ1v) is 15.3. The van der Waals surface area contributed by atoms with Crippen molar-refractivity contribution < 1.29 is 35.5 Å². The minimum Gasteiger partial charge on any atom is -0.462 e. The molecular formula is C30H26F7N7OS. The van der Waals surface area contributed by atoms with Crippen LogP contribution in [0.15, 0.2) is 23.6 Å². The summed E-state index contributed by atoms with van der Waals surface area (Å²) in [7, 11) is 1.51. The zero-order valence-corrected chi connectivity index (χ0v) is 25.0. The van der Waals surface area contributed by atoms with Crippen molar-refractivity contribution in [1.29, 1.82) is 5.26 Å². The maximum Gasteiger partial charge on any atom is 0.417 e. The lowest BCUT2D eigenvalue weighted by Crippen LogP contribution is -2.61. The second-order valence-electron chi connectivity index (χ2n) is 12.0. The van der Waals surface area contributed by atoms with Crippen LogP contribution in [0.5, 0.6) is 6.01 Å². The number of nitrogen functional groups attached to an aromatic ring is 1. The summed E-state index contributed by atoms with van der Waals surface area (Å²) < 4.78 is 108. The molecule has 2 bridgehead atoms. The Labute approximate surface area is 261 Å². The van der Waals surface area contributed by atoms with E-state index < -0.39 is 59.4 Å². The van der Waals surface area contributed by atoms with Crippen LogP contribution in [-0.2, 0) is 6.18 Å². The van der Waals surface area contributed by atoms with Crippen LogP contribution in [0, 0.1) is 23.1 Å². The molecule has 4 atom stereocenters. The first-order chi connectivity index (χ1) is 21.7. The van der Waals surface area contributed by atoms with Gasteiger partial charge < -0.3 is 20.7 Å². The van der Waals surface area contributed by atoms with Gasteiger partial charge in [-0.15, -0.1) is 11.3 Å². The zero-order valence-electron chi connectivity index (χ0n) is 24.1. The van der Waals surface area contributed by atoms with Crippen molar-refractivity contribution in [2.45, 2.75) is 43.3 Å². The number of piperazine rings is 1. The van der Waals surface area contributed by atoms with E-state index in [1.165, 1.54) is 23.4 Å². The third-order valence-electron chi connectivity index (χ3n) is 9.18. The van der Waals surface area contributed by atoms with Gasteiger partial charge in [-0.1, -0.05) is 0 Å². The molecule has 0 aliphatic carbocycles. The molecule has 3 N–H and O–H groups in total. The number of hydrogen-bond acceptors (Lipinski definition) is 9. The molecule has 2 unspecified atom stereocenters. The van der Waals surface area contributed by atoms with Crippen LogP contribution in [0.25, 0.3) is 32.1 Å². The average Bonchev–Trinajstić information content (AvgIpc) is 3.56. The molecule has 242 valence electrons. The summed E-state index contributed by atoms with van der Waals surface area (Å²) in [5.41, 5.74) is 3.14. The van der Waals surface area contributed by atoms with Crippen molar-refractivity contribution in [3.05, 3.63) is 40.5 Å². The fraction of sp³-hybridized carbons (Fsp3) is 0.433. The minimum absolute atomic E-state index is 0.000760. The number of rotatable bonds is 5. The smallest absolute Gasteiger partial charge is 0.417 e. The van der Waals surface area contributed by atoms with E-state index in [1.807, 2.05) is 6.07 Å². The van der Waals surface area contributed by atoms with E-state index in [2.05, 4.69) is 15.3 Å². The number of halogens is 7. The Morgan fingerprint density at radius 2 is 1.83 bits per heavy atom. The molecule has 0 saturated carbocycles. The number of nitriles is 1. The fourth-order valence-electron chi connectivity index (χ4n) is 6.87. The van der Waals surface area contributed by atoms with E-state index in [0.29, 0.717) is 17.8 Å². The van der Waals surface area contributed by atoms with Crippen LogP contribution in [0.2, 0.25) is 0 Å². The average molecular weight is 666 g/mol. The standard InChI is InChI=1S/C30H26F7N7OS/c1-43-10-19(30(35,36)37)21(43)11-45-28-41-26-15(27(42-28)44-8-13-2-3-14(9-44)40-13)6-18(29(32,33)34)24(25(26)31)17-12-46-22-5-4-20(39)16(7-38)23(17)22/h4-6,12-14,19,21,40H,2-3,8-11,39H2,1H3/t13?,14?,19-,21-/m1/s1. The third kappa shape index (κ3) is 5.05. The summed E-state index contributed by atoms with van der Waals surface area (Å²) in [4.78, 5) is 11.7. The molecule has 3 fully saturated rings. The van der Waals surface area contributed by atoms with Gasteiger partial charge in [0.15, 0.2) is 5.82 Å². The van der Waals surface area contributed by atoms with Gasteiger partial charge in [0.2, 0.25) is 0 Å². The number of nitrogens with one attached hydrogen (secondary N) is 1. The minimum atomic E-state index is -5.03. The Morgan fingerprint density at radius 1 is 1.11 bits per heavy atom. The monoisotopic (exact) mass is 665 g/mol. The van der Waals surface area contributed by atoms with E-state index in [0.717, 1.165) is 30.2 Å². The topological polar surface area (TPSA) is 103 Å². The summed E-state index contributed by atoms with van der Waals surface area (Å²) in [6.07, 6.45) is -7.81. The summed E-state index contributed by atoms with van der Waals surface area (Å²) in [6.45, 7) is 0.0585. The van der Waals surface area contributed by atoms with Crippen LogP contribution in [0.1, 0.15) is 24.0 Å². The predicted octanol–water partition coefficient (Wildman–Crippen LogP) is 5.94. The highest BCUT2D eigenvalue weighted by molar-refractivity contribution is 7.17. The molecule has 4 aromatic rings. The van der Waals surface area contributed by atoms with Gasteiger partial charge in [-0.2, -0.15) is 41.6 Å². The first-order valence-electron chi connectivity index (χ1n) is 14.5. The molecule has 0 amide bonds. The maximum atomic E-state index is 16.8. The largest absolute Gasteiger partial charge is 0.462 e. The van der Waals surface area contributed by atoms with Crippen LogP contribution in [-0.4, -0.2) is 72.5 Å². The summed E-state index contributed by atoms with van der Waals surface area (Å²) in [5.74, 6) is -2.97. The first kappa shape index (κ1) is 30.7. The normalized spacial score (nSPS) is 23.6. The van der Waals surface area contributed by atoms with E-state index >= 15 is 4.39 Å². The lowest BCUT2D eigenvalue weighted by Gasteiger charge is -2.46. The molecule has 16 heteroatoms. The van der Waals surface area contributed by atoms with Crippen molar-refractivity contribution in [1.82, 2.24) is 20.2 Å². The number of anilines is 2. The summed E-state index contributed by atoms with van der Waals surface area (Å²) in [6, 6.07) is 4.29. The molecule has 2 aromatic heterocycles. The molecule has 3 aliphatic rings. The van der Waals surface area contributed by atoms with E-state index in [1.54, 1.807) is 11.0 Å². The van der Waals surface area contributed by atoms with Gasteiger partial charge in [0, 0.05) is 58.3 Å². The van der Waals surface area contributed by atoms with Gasteiger partial charge in [-0.05, 0) is 43.5 Å². The van der Waals surface area contributed by atoms with Crippen molar-refractivity contribution in [3.8, 4) is 23.2 Å². The van der Waals surface area contributed by atoms with Gasteiger partial charge in [0.05, 0.1) is 28.8 Å². The van der Waals surface area contributed by atoms with Crippen molar-refractivity contribution >= 4 is 43.8 Å². The molecule has 0 spiro atoms. The molecular weight excluding hydrogens is 639 g/mol. The lowest BCUT2D eigenvalue weighted by molar-refractivity contribution is -0.230. The van der Waals surface area contributed by atoms with E-state index in [9.17, 15) is 31.6 Å². The quantitative estimate of drug-likeness (QED) is 0.200. The molecule has 5 heterocycles.